The lowest BCUT2D eigenvalue weighted by Crippen LogP contribution is -2.23. The van der Waals surface area contributed by atoms with E-state index in [1.165, 1.54) is 6.92 Å². The van der Waals surface area contributed by atoms with Crippen molar-refractivity contribution in [3.05, 3.63) is 11.1 Å². The fourth-order valence-corrected chi connectivity index (χ4v) is 1.91. The summed E-state index contributed by atoms with van der Waals surface area (Å²) in [4.78, 5) is 22.5. The average Bonchev–Trinajstić information content (AvgIpc) is 2.18. The maximum Gasteiger partial charge on any atom is 0.169 e. The minimum absolute atomic E-state index is 0.0467. The van der Waals surface area contributed by atoms with E-state index in [1.807, 2.05) is 6.92 Å². The van der Waals surface area contributed by atoms with Gasteiger partial charge in [0.25, 0.3) is 0 Å². The van der Waals surface area contributed by atoms with Gasteiger partial charge >= 0.3 is 0 Å². The number of rotatable bonds is 2. The van der Waals surface area contributed by atoms with Crippen molar-refractivity contribution in [3.63, 3.8) is 0 Å². The van der Waals surface area contributed by atoms with Crippen molar-refractivity contribution in [2.24, 2.45) is 0 Å². The summed E-state index contributed by atoms with van der Waals surface area (Å²) >= 11 is 0. The fourth-order valence-electron chi connectivity index (χ4n) is 1.91. The molecule has 1 rings (SSSR count). The van der Waals surface area contributed by atoms with Crippen LogP contribution in [0.1, 0.15) is 33.6 Å². The van der Waals surface area contributed by atoms with Crippen LogP contribution in [-0.2, 0) is 9.59 Å². The maximum atomic E-state index is 11.4. The maximum absolute atomic E-state index is 11.4. The fraction of sp³-hybridized carbons (Fsp3) is 0.600. The predicted octanol–water partition coefficient (Wildman–Crippen LogP) is 1.01. The monoisotopic (exact) mass is 182 g/mol. The standard InChI is InChI=1S/C10H14O3/c1-4-7-9(6(2)11)8(12)5-10(7,3)13/h13H,4-5H2,1-3H3/t10-/m0/s1. The largest absolute Gasteiger partial charge is 0.385 e. The highest BCUT2D eigenvalue weighted by Gasteiger charge is 2.40. The minimum Gasteiger partial charge on any atom is -0.385 e. The highest BCUT2D eigenvalue weighted by Crippen LogP contribution is 2.35. The van der Waals surface area contributed by atoms with Crippen molar-refractivity contribution in [1.29, 1.82) is 0 Å². The Kier molecular flexibility index (Phi) is 2.39. The van der Waals surface area contributed by atoms with Gasteiger partial charge < -0.3 is 5.11 Å². The van der Waals surface area contributed by atoms with Gasteiger partial charge in [-0.3, -0.25) is 9.59 Å². The van der Waals surface area contributed by atoms with Crippen LogP contribution in [0.5, 0.6) is 0 Å². The van der Waals surface area contributed by atoms with Gasteiger partial charge in [0.1, 0.15) is 0 Å². The van der Waals surface area contributed by atoms with E-state index in [0.717, 1.165) is 0 Å². The second-order valence-electron chi connectivity index (χ2n) is 3.64. The number of ketones is 2. The van der Waals surface area contributed by atoms with Gasteiger partial charge in [-0.15, -0.1) is 0 Å². The van der Waals surface area contributed by atoms with Crippen molar-refractivity contribution in [1.82, 2.24) is 0 Å². The number of carbonyl (C=O) groups is 2. The Morgan fingerprint density at radius 2 is 2.15 bits per heavy atom. The highest BCUT2D eigenvalue weighted by atomic mass is 16.3. The lowest BCUT2D eigenvalue weighted by molar-refractivity contribution is -0.120. The molecule has 1 atom stereocenters. The normalized spacial score (nSPS) is 28.5. The first-order valence-electron chi connectivity index (χ1n) is 4.40. The zero-order chi connectivity index (χ0) is 10.2. The summed E-state index contributed by atoms with van der Waals surface area (Å²) in [6.07, 6.45) is 0.596. The molecule has 3 heteroatoms. The Morgan fingerprint density at radius 1 is 1.62 bits per heavy atom. The van der Waals surface area contributed by atoms with Gasteiger partial charge in [-0.05, 0) is 25.8 Å². The van der Waals surface area contributed by atoms with Crippen LogP contribution in [0.4, 0.5) is 0 Å². The lowest BCUT2D eigenvalue weighted by atomic mass is 9.95. The van der Waals surface area contributed by atoms with E-state index in [1.54, 1.807) is 6.92 Å². The summed E-state index contributed by atoms with van der Waals surface area (Å²) in [6.45, 7) is 4.79. The lowest BCUT2D eigenvalue weighted by Gasteiger charge is -2.18. The van der Waals surface area contributed by atoms with Crippen LogP contribution in [0.2, 0.25) is 0 Å². The molecule has 0 saturated carbocycles. The zero-order valence-electron chi connectivity index (χ0n) is 8.18. The molecule has 0 aromatic rings. The minimum atomic E-state index is -1.10. The predicted molar refractivity (Wildman–Crippen MR) is 48.2 cm³/mol. The van der Waals surface area contributed by atoms with Crippen LogP contribution in [0.3, 0.4) is 0 Å². The van der Waals surface area contributed by atoms with Gasteiger partial charge in [-0.2, -0.15) is 0 Å². The number of hydrogen-bond acceptors (Lipinski definition) is 3. The van der Waals surface area contributed by atoms with Gasteiger partial charge in [0, 0.05) is 6.42 Å². The van der Waals surface area contributed by atoms with Crippen molar-refractivity contribution in [3.8, 4) is 0 Å². The molecular weight excluding hydrogens is 168 g/mol. The number of Topliss-reactive ketones (excluding diaryl/α,β-unsaturated/α-hetero) is 2. The molecule has 0 saturated heterocycles. The van der Waals surface area contributed by atoms with Gasteiger partial charge in [-0.1, -0.05) is 6.92 Å². The molecule has 0 fully saturated rings. The van der Waals surface area contributed by atoms with E-state index in [4.69, 9.17) is 0 Å². The number of aliphatic hydroxyl groups is 1. The molecule has 1 aliphatic rings. The molecule has 0 spiro atoms. The van der Waals surface area contributed by atoms with Gasteiger partial charge in [0.15, 0.2) is 11.6 Å². The molecule has 13 heavy (non-hydrogen) atoms. The number of hydrogen-bond donors (Lipinski definition) is 1. The van der Waals surface area contributed by atoms with Gasteiger partial charge in [-0.25, -0.2) is 0 Å². The molecular formula is C10H14O3. The third-order valence-corrected chi connectivity index (χ3v) is 2.44. The van der Waals surface area contributed by atoms with E-state index in [0.29, 0.717) is 12.0 Å². The second-order valence-corrected chi connectivity index (χ2v) is 3.64. The molecule has 1 aliphatic carbocycles. The Morgan fingerprint density at radius 3 is 2.46 bits per heavy atom. The Balaban J connectivity index is 3.24. The molecule has 0 heterocycles. The van der Waals surface area contributed by atoms with E-state index < -0.39 is 5.60 Å². The number of carbonyl (C=O) groups excluding carboxylic acids is 2. The summed E-state index contributed by atoms with van der Waals surface area (Å²) in [6, 6.07) is 0. The van der Waals surface area contributed by atoms with E-state index >= 15 is 0 Å². The Labute approximate surface area is 77.4 Å². The topological polar surface area (TPSA) is 54.4 Å². The molecule has 0 aliphatic heterocycles. The highest BCUT2D eigenvalue weighted by molar-refractivity contribution is 6.22. The van der Waals surface area contributed by atoms with Crippen LogP contribution in [0.15, 0.2) is 11.1 Å². The van der Waals surface area contributed by atoms with Crippen molar-refractivity contribution >= 4 is 11.6 Å². The second kappa shape index (κ2) is 3.07. The third-order valence-electron chi connectivity index (χ3n) is 2.44. The van der Waals surface area contributed by atoms with Crippen molar-refractivity contribution < 1.29 is 14.7 Å². The SMILES string of the molecule is CCC1=C(C(C)=O)C(=O)C[C@]1(C)O. The zero-order valence-corrected chi connectivity index (χ0v) is 8.18. The van der Waals surface area contributed by atoms with Crippen molar-refractivity contribution in [2.45, 2.75) is 39.2 Å². The Bertz CT molecular complexity index is 297. The smallest absolute Gasteiger partial charge is 0.169 e. The quantitative estimate of drug-likeness (QED) is 0.648. The molecule has 0 radical (unpaired) electrons. The van der Waals surface area contributed by atoms with Crippen LogP contribution >= 0.6 is 0 Å². The van der Waals surface area contributed by atoms with Crippen LogP contribution in [0.25, 0.3) is 0 Å². The Hall–Kier alpha value is -0.960. The van der Waals surface area contributed by atoms with E-state index in [9.17, 15) is 14.7 Å². The molecule has 0 aromatic carbocycles. The molecule has 0 amide bonds. The van der Waals surface area contributed by atoms with E-state index in [-0.39, 0.29) is 23.6 Å². The first-order valence-corrected chi connectivity index (χ1v) is 4.40. The van der Waals surface area contributed by atoms with Crippen LogP contribution in [0, 0.1) is 0 Å². The summed E-state index contributed by atoms with van der Waals surface area (Å²) in [5.74, 6) is -0.464. The van der Waals surface area contributed by atoms with E-state index in [2.05, 4.69) is 0 Å². The van der Waals surface area contributed by atoms with Gasteiger partial charge in [0.05, 0.1) is 11.2 Å². The number of allylic oxidation sites excluding steroid dienone is 1. The summed E-state index contributed by atoms with van der Waals surface area (Å²) in [7, 11) is 0. The first-order chi connectivity index (χ1) is 5.90. The summed E-state index contributed by atoms with van der Waals surface area (Å²) in [5.41, 5.74) is -0.301. The first kappa shape index (κ1) is 10.1. The van der Waals surface area contributed by atoms with Crippen LogP contribution in [-0.4, -0.2) is 22.3 Å². The molecule has 0 aromatic heterocycles. The molecule has 72 valence electrons. The third kappa shape index (κ3) is 1.56. The van der Waals surface area contributed by atoms with Crippen LogP contribution < -0.4 is 0 Å². The van der Waals surface area contributed by atoms with Crippen molar-refractivity contribution in [2.75, 3.05) is 0 Å². The van der Waals surface area contributed by atoms with Gasteiger partial charge in [0.2, 0.25) is 0 Å². The molecule has 1 N–H and O–H groups in total. The average molecular weight is 182 g/mol. The summed E-state index contributed by atoms with van der Waals surface area (Å²) in [5, 5.41) is 9.81. The molecule has 3 nitrogen and oxygen atoms in total. The summed E-state index contributed by atoms with van der Waals surface area (Å²) < 4.78 is 0. The molecule has 0 unspecified atom stereocenters. The molecule has 0 bridgehead atoms.